The lowest BCUT2D eigenvalue weighted by Gasteiger charge is -2.15. The van der Waals surface area contributed by atoms with Crippen molar-refractivity contribution in [3.8, 4) is 40.0 Å². The minimum atomic E-state index is -4.09. The van der Waals surface area contributed by atoms with Crippen LogP contribution in [0.4, 0.5) is 5.82 Å². The topological polar surface area (TPSA) is 116 Å². The van der Waals surface area contributed by atoms with Gasteiger partial charge in [0.05, 0.1) is 12.5 Å². The van der Waals surface area contributed by atoms with Gasteiger partial charge in [-0.2, -0.15) is 0 Å². The number of hydrogen-bond acceptors (Lipinski definition) is 8. The van der Waals surface area contributed by atoms with E-state index in [4.69, 9.17) is 21.1 Å². The molecule has 0 aliphatic heterocycles. The van der Waals surface area contributed by atoms with E-state index in [1.165, 1.54) is 42.3 Å². The van der Waals surface area contributed by atoms with Gasteiger partial charge >= 0.3 is 0 Å². The van der Waals surface area contributed by atoms with Gasteiger partial charge in [0.25, 0.3) is 10.0 Å². The minimum Gasteiger partial charge on any atom is -0.493 e. The van der Waals surface area contributed by atoms with E-state index >= 15 is 0 Å². The fourth-order valence-electron chi connectivity index (χ4n) is 4.64. The zero-order chi connectivity index (χ0) is 30.6. The summed E-state index contributed by atoms with van der Waals surface area (Å²) >= 11 is 6.50. The van der Waals surface area contributed by atoms with Crippen LogP contribution < -0.4 is 14.2 Å². The predicted octanol–water partition coefficient (Wildman–Crippen LogP) is 7.39. The fourth-order valence-corrected chi connectivity index (χ4v) is 5.66. The second-order valence-electron chi connectivity index (χ2n) is 9.69. The molecule has 2 aromatic heterocycles. The van der Waals surface area contributed by atoms with Crippen molar-refractivity contribution in [3.05, 3.63) is 112 Å². The maximum atomic E-state index is 13.3. The van der Waals surface area contributed by atoms with E-state index in [2.05, 4.69) is 57.6 Å². The zero-order valence-electron chi connectivity index (χ0n) is 23.9. The molecule has 218 valence electrons. The summed E-state index contributed by atoms with van der Waals surface area (Å²) in [5, 5.41) is 0.897. The Balaban J connectivity index is 1.46. The Labute approximate surface area is 255 Å². The summed E-state index contributed by atoms with van der Waals surface area (Å²) in [6.07, 6.45) is 4.52. The van der Waals surface area contributed by atoms with Gasteiger partial charge in [-0.15, -0.1) is 0 Å². The number of nitrogens with one attached hydrogen (secondary N) is 1. The molecule has 43 heavy (non-hydrogen) atoms. The van der Waals surface area contributed by atoms with Crippen molar-refractivity contribution >= 4 is 33.5 Å². The summed E-state index contributed by atoms with van der Waals surface area (Å²) in [6, 6.07) is 20.4. The molecule has 9 nitrogen and oxygen atoms in total. The van der Waals surface area contributed by atoms with Crippen LogP contribution >= 0.6 is 11.6 Å². The molecule has 0 amide bonds. The van der Waals surface area contributed by atoms with Crippen molar-refractivity contribution in [2.45, 2.75) is 20.8 Å². The fraction of sp³-hybridized carbons (Fsp3) is 0.125. The molecule has 0 aliphatic carbocycles. The van der Waals surface area contributed by atoms with Gasteiger partial charge in [0, 0.05) is 12.4 Å². The lowest BCUT2D eigenvalue weighted by molar-refractivity contribution is 0.378. The number of methoxy groups -OCH3 is 1. The van der Waals surface area contributed by atoms with E-state index in [1.807, 2.05) is 24.3 Å². The highest BCUT2D eigenvalue weighted by Gasteiger charge is 2.22. The van der Waals surface area contributed by atoms with Crippen molar-refractivity contribution in [1.82, 2.24) is 19.9 Å². The first-order valence-corrected chi connectivity index (χ1v) is 15.1. The van der Waals surface area contributed by atoms with Crippen LogP contribution in [0.1, 0.15) is 22.3 Å². The monoisotopic (exact) mass is 613 g/mol. The number of anilines is 1. The first-order valence-electron chi connectivity index (χ1n) is 13.2. The molecule has 0 aliphatic rings. The van der Waals surface area contributed by atoms with E-state index in [1.54, 1.807) is 30.3 Å². The molecule has 2 heterocycles. The second-order valence-corrected chi connectivity index (χ2v) is 11.6. The third kappa shape index (κ3) is 6.99. The highest BCUT2D eigenvalue weighted by Crippen LogP contribution is 2.39. The van der Waals surface area contributed by atoms with Gasteiger partial charge in [0.1, 0.15) is 0 Å². The summed E-state index contributed by atoms with van der Waals surface area (Å²) < 4.78 is 40.3. The number of benzene rings is 3. The molecule has 0 spiro atoms. The average Bonchev–Trinajstić information content (AvgIpc) is 2.98. The summed E-state index contributed by atoms with van der Waals surface area (Å²) in [5.74, 6) is 0.548. The van der Waals surface area contributed by atoms with Crippen molar-refractivity contribution < 1.29 is 17.9 Å². The Morgan fingerprint density at radius 2 is 1.49 bits per heavy atom. The lowest BCUT2D eigenvalue weighted by atomic mass is 9.93. The number of hydrogen-bond donors (Lipinski definition) is 1. The van der Waals surface area contributed by atoms with Gasteiger partial charge in [0.15, 0.2) is 28.3 Å². The van der Waals surface area contributed by atoms with E-state index < -0.39 is 10.0 Å². The number of nitrogens with zero attached hydrogens (tertiary/aromatic N) is 4. The highest BCUT2D eigenvalue weighted by molar-refractivity contribution is 7.95. The Bertz CT molecular complexity index is 1890. The number of rotatable bonds is 9. The molecule has 5 aromatic rings. The Morgan fingerprint density at radius 1 is 0.837 bits per heavy atom. The van der Waals surface area contributed by atoms with E-state index in [9.17, 15) is 8.42 Å². The van der Waals surface area contributed by atoms with Gasteiger partial charge in [-0.3, -0.25) is 4.72 Å². The number of halogens is 1. The average molecular weight is 614 g/mol. The third-order valence-electron chi connectivity index (χ3n) is 6.43. The Hall–Kier alpha value is -4.80. The zero-order valence-corrected chi connectivity index (χ0v) is 25.4. The molecule has 11 heteroatoms. The van der Waals surface area contributed by atoms with Crippen molar-refractivity contribution in [2.24, 2.45) is 0 Å². The summed E-state index contributed by atoms with van der Waals surface area (Å²) in [5.41, 5.74) is 6.49. The lowest BCUT2D eigenvalue weighted by Crippen LogP contribution is -2.13. The van der Waals surface area contributed by atoms with Crippen LogP contribution in [0.25, 0.3) is 28.9 Å². The van der Waals surface area contributed by atoms with Crippen LogP contribution in [0, 0.1) is 20.8 Å². The van der Waals surface area contributed by atoms with Gasteiger partial charge in [-0.1, -0.05) is 65.7 Å². The maximum absolute atomic E-state index is 13.3. The summed E-state index contributed by atoms with van der Waals surface area (Å²) in [4.78, 5) is 16.9. The maximum Gasteiger partial charge on any atom is 0.256 e. The molecule has 0 atom stereocenters. The van der Waals surface area contributed by atoms with Crippen molar-refractivity contribution in [3.63, 3.8) is 0 Å². The summed E-state index contributed by atoms with van der Waals surface area (Å²) in [6.45, 7) is 6.25. The number of aryl methyl sites for hydroxylation is 3. The van der Waals surface area contributed by atoms with Gasteiger partial charge < -0.3 is 9.47 Å². The molecule has 0 fully saturated rings. The Morgan fingerprint density at radius 3 is 2.14 bits per heavy atom. The first kappa shape index (κ1) is 29.7. The van der Waals surface area contributed by atoms with Gasteiger partial charge in [-0.25, -0.2) is 28.4 Å². The van der Waals surface area contributed by atoms with E-state index in [0.29, 0.717) is 11.3 Å². The van der Waals surface area contributed by atoms with Crippen molar-refractivity contribution in [2.75, 3.05) is 11.8 Å². The van der Waals surface area contributed by atoms with Gasteiger partial charge in [0.2, 0.25) is 11.6 Å². The number of sulfonamides is 1. The van der Waals surface area contributed by atoms with E-state index in [-0.39, 0.29) is 34.1 Å². The third-order valence-corrected chi connectivity index (χ3v) is 7.65. The molecule has 0 radical (unpaired) electrons. The second kappa shape index (κ2) is 12.6. The summed E-state index contributed by atoms with van der Waals surface area (Å²) in [7, 11) is -2.60. The van der Waals surface area contributed by atoms with Crippen LogP contribution in [0.3, 0.4) is 0 Å². The van der Waals surface area contributed by atoms with Crippen LogP contribution in [-0.2, 0) is 10.0 Å². The normalized spacial score (nSPS) is 11.5. The molecule has 1 N–H and O–H groups in total. The van der Waals surface area contributed by atoms with Crippen molar-refractivity contribution in [1.29, 1.82) is 0 Å². The number of ether oxygens (including phenoxy) is 2. The SMILES string of the molecule is COc1ccccc1Oc1c(Cl)nc(-c2ncccn2)nc1NS(=O)(=O)C=Cc1ccc(-c2c(C)cc(C)cc2C)cc1. The molecule has 0 unspecified atom stereocenters. The van der Waals surface area contributed by atoms with Crippen LogP contribution in [0.5, 0.6) is 17.2 Å². The molecule has 0 bridgehead atoms. The number of para-hydroxylation sites is 2. The predicted molar refractivity (Wildman–Crippen MR) is 169 cm³/mol. The van der Waals surface area contributed by atoms with Crippen LogP contribution in [0.15, 0.2) is 84.5 Å². The molecular weight excluding hydrogens is 586 g/mol. The largest absolute Gasteiger partial charge is 0.493 e. The van der Waals surface area contributed by atoms with Gasteiger partial charge in [-0.05, 0) is 72.9 Å². The molecular formula is C32H28ClN5O4S. The first-order chi connectivity index (χ1) is 20.6. The standard InChI is InChI=1S/C32H28ClN5O4S/c1-20-18-21(2)27(22(3)19-20)24-12-10-23(11-13-24)14-17-43(39,40)38-30-28(42-26-9-6-5-8-25(26)41-4)29(33)36-32(37-30)31-34-15-7-16-35-31/h5-19H,1-4H3,(H,36,37,38). The highest BCUT2D eigenvalue weighted by atomic mass is 35.5. The molecule has 0 saturated heterocycles. The molecule has 0 saturated carbocycles. The Kier molecular flexibility index (Phi) is 8.70. The quantitative estimate of drug-likeness (QED) is 0.171. The smallest absolute Gasteiger partial charge is 0.256 e. The van der Waals surface area contributed by atoms with Crippen LogP contribution in [0.2, 0.25) is 5.15 Å². The number of aromatic nitrogens is 4. The van der Waals surface area contributed by atoms with Crippen LogP contribution in [-0.4, -0.2) is 35.5 Å². The molecule has 5 rings (SSSR count). The van der Waals surface area contributed by atoms with E-state index in [0.717, 1.165) is 16.5 Å². The minimum absolute atomic E-state index is 0.0111. The molecule has 3 aromatic carbocycles.